The Morgan fingerprint density at radius 1 is 1.29 bits per heavy atom. The molecule has 2 rings (SSSR count). The molecule has 0 fully saturated rings. The first-order chi connectivity index (χ1) is 10.1. The molecule has 114 valence electrons. The van der Waals surface area contributed by atoms with Crippen LogP contribution in [0.25, 0.3) is 0 Å². The third-order valence-electron chi connectivity index (χ3n) is 3.69. The van der Waals surface area contributed by atoms with E-state index in [0.717, 1.165) is 36.6 Å². The molecule has 0 aliphatic rings. The first-order valence-corrected chi connectivity index (χ1v) is 7.92. The van der Waals surface area contributed by atoms with Crippen molar-refractivity contribution in [1.82, 2.24) is 15.1 Å². The number of rotatable bonds is 7. The van der Waals surface area contributed by atoms with Gasteiger partial charge >= 0.3 is 0 Å². The fraction of sp³-hybridized carbons (Fsp3) is 0.471. The molecule has 0 saturated heterocycles. The van der Waals surface area contributed by atoms with Gasteiger partial charge in [0.15, 0.2) is 0 Å². The van der Waals surface area contributed by atoms with E-state index in [2.05, 4.69) is 47.1 Å². The molecule has 2 aromatic rings. The molecule has 4 heteroatoms. The monoisotopic (exact) mass is 305 g/mol. The lowest BCUT2D eigenvalue weighted by molar-refractivity contribution is 0.470. The molecule has 0 saturated carbocycles. The Morgan fingerprint density at radius 2 is 2.10 bits per heavy atom. The highest BCUT2D eigenvalue weighted by Gasteiger charge is 2.14. The van der Waals surface area contributed by atoms with E-state index in [1.54, 1.807) is 0 Å². The van der Waals surface area contributed by atoms with E-state index in [9.17, 15) is 0 Å². The van der Waals surface area contributed by atoms with E-state index in [-0.39, 0.29) is 0 Å². The Bertz CT molecular complexity index is 577. The van der Waals surface area contributed by atoms with Crippen LogP contribution in [0.1, 0.15) is 23.9 Å². The Morgan fingerprint density at radius 3 is 2.76 bits per heavy atom. The summed E-state index contributed by atoms with van der Waals surface area (Å²) in [5.74, 6) is 0.537. The number of aromatic nitrogens is 2. The van der Waals surface area contributed by atoms with Gasteiger partial charge in [0.25, 0.3) is 0 Å². The Balaban J connectivity index is 2.11. The fourth-order valence-corrected chi connectivity index (χ4v) is 3.05. The van der Waals surface area contributed by atoms with E-state index < -0.39 is 0 Å². The number of hydrogen-bond acceptors (Lipinski definition) is 2. The minimum absolute atomic E-state index is 0.537. The lowest BCUT2D eigenvalue weighted by Crippen LogP contribution is -2.24. The molecule has 1 N–H and O–H groups in total. The summed E-state index contributed by atoms with van der Waals surface area (Å²) in [6, 6.07) is 10.4. The molecule has 0 aliphatic heterocycles. The molecule has 0 aliphatic carbocycles. The minimum Gasteiger partial charge on any atom is -0.319 e. The van der Waals surface area contributed by atoms with Crippen molar-refractivity contribution in [1.29, 1.82) is 0 Å². The molecule has 1 atom stereocenters. The van der Waals surface area contributed by atoms with Gasteiger partial charge in [0.05, 0.1) is 5.69 Å². The third kappa shape index (κ3) is 4.58. The molecule has 3 nitrogen and oxygen atoms in total. The van der Waals surface area contributed by atoms with Crippen LogP contribution in [0.15, 0.2) is 30.3 Å². The van der Waals surface area contributed by atoms with E-state index in [4.69, 9.17) is 11.6 Å². The maximum Gasteiger partial charge on any atom is 0.0596 e. The topological polar surface area (TPSA) is 29.9 Å². The molecular formula is C17H24ClN3. The van der Waals surface area contributed by atoms with Crippen LogP contribution in [0.5, 0.6) is 0 Å². The summed E-state index contributed by atoms with van der Waals surface area (Å²) in [6.45, 7) is 6.10. The summed E-state index contributed by atoms with van der Waals surface area (Å²) < 4.78 is 2.11. The minimum atomic E-state index is 0.537. The van der Waals surface area contributed by atoms with Gasteiger partial charge in [-0.2, -0.15) is 5.10 Å². The summed E-state index contributed by atoms with van der Waals surface area (Å²) in [6.07, 6.45) is 2.05. The molecule has 21 heavy (non-hydrogen) atoms. The van der Waals surface area contributed by atoms with Gasteiger partial charge in [-0.15, -0.1) is 0 Å². The van der Waals surface area contributed by atoms with Crippen LogP contribution >= 0.6 is 11.6 Å². The largest absolute Gasteiger partial charge is 0.319 e. The van der Waals surface area contributed by atoms with Crippen molar-refractivity contribution in [2.24, 2.45) is 5.92 Å². The summed E-state index contributed by atoms with van der Waals surface area (Å²) in [5.41, 5.74) is 3.71. The second kappa shape index (κ2) is 7.62. The molecular weight excluding hydrogens is 282 g/mol. The molecule has 1 aromatic carbocycles. The zero-order valence-corrected chi connectivity index (χ0v) is 13.8. The smallest absolute Gasteiger partial charge is 0.0596 e. The van der Waals surface area contributed by atoms with Crippen LogP contribution in [0, 0.1) is 12.8 Å². The highest BCUT2D eigenvalue weighted by atomic mass is 35.5. The predicted molar refractivity (Wildman–Crippen MR) is 88.9 cm³/mol. The van der Waals surface area contributed by atoms with E-state index in [0.29, 0.717) is 5.92 Å². The van der Waals surface area contributed by atoms with E-state index >= 15 is 0 Å². The van der Waals surface area contributed by atoms with Gasteiger partial charge in [-0.25, -0.2) is 0 Å². The van der Waals surface area contributed by atoms with Crippen molar-refractivity contribution in [3.63, 3.8) is 0 Å². The number of aryl methyl sites for hydroxylation is 2. The van der Waals surface area contributed by atoms with Crippen LogP contribution in [0.2, 0.25) is 5.02 Å². The fourth-order valence-electron chi connectivity index (χ4n) is 2.84. The van der Waals surface area contributed by atoms with Crippen LogP contribution < -0.4 is 5.32 Å². The summed E-state index contributed by atoms with van der Waals surface area (Å²) in [7, 11) is 2.01. The van der Waals surface area contributed by atoms with Gasteiger partial charge in [0, 0.05) is 17.3 Å². The maximum atomic E-state index is 6.09. The van der Waals surface area contributed by atoms with Crippen LogP contribution in [0.4, 0.5) is 0 Å². The number of hydrogen-bond donors (Lipinski definition) is 1. The zero-order chi connectivity index (χ0) is 15.2. The highest BCUT2D eigenvalue weighted by molar-refractivity contribution is 6.30. The lowest BCUT2D eigenvalue weighted by atomic mass is 9.94. The maximum absolute atomic E-state index is 6.09. The molecule has 0 bridgehead atoms. The predicted octanol–water partition coefficient (Wildman–Crippen LogP) is 3.49. The van der Waals surface area contributed by atoms with Crippen LogP contribution in [-0.4, -0.2) is 23.4 Å². The van der Waals surface area contributed by atoms with Gasteiger partial charge in [0.1, 0.15) is 0 Å². The van der Waals surface area contributed by atoms with Crippen molar-refractivity contribution >= 4 is 11.6 Å². The SMILES string of the molecule is CCn1nc(C)cc1CC(CNC)Cc1cccc(Cl)c1. The average molecular weight is 306 g/mol. The van der Waals surface area contributed by atoms with Crippen molar-refractivity contribution < 1.29 is 0 Å². The molecule has 1 aromatic heterocycles. The summed E-state index contributed by atoms with van der Waals surface area (Å²) >= 11 is 6.09. The van der Waals surface area contributed by atoms with Crippen molar-refractivity contribution in [3.05, 3.63) is 52.3 Å². The molecule has 1 heterocycles. The van der Waals surface area contributed by atoms with Crippen LogP contribution in [0.3, 0.4) is 0 Å². The number of benzene rings is 1. The quantitative estimate of drug-likeness (QED) is 0.848. The number of nitrogens with one attached hydrogen (secondary N) is 1. The zero-order valence-electron chi connectivity index (χ0n) is 13.1. The Hall–Kier alpha value is -1.32. The van der Waals surface area contributed by atoms with Crippen LogP contribution in [-0.2, 0) is 19.4 Å². The van der Waals surface area contributed by atoms with Gasteiger partial charge in [0.2, 0.25) is 0 Å². The first-order valence-electron chi connectivity index (χ1n) is 7.54. The first kappa shape index (κ1) is 16.1. The number of halogens is 1. The highest BCUT2D eigenvalue weighted by Crippen LogP contribution is 2.18. The second-order valence-corrected chi connectivity index (χ2v) is 5.99. The molecule has 0 radical (unpaired) electrons. The lowest BCUT2D eigenvalue weighted by Gasteiger charge is -2.17. The number of nitrogens with zero attached hydrogens (tertiary/aromatic N) is 2. The van der Waals surface area contributed by atoms with Gasteiger partial charge in [-0.05, 0) is 70.0 Å². The third-order valence-corrected chi connectivity index (χ3v) is 3.92. The standard InChI is InChI=1S/C17H24ClN3/c1-4-21-17(8-13(2)20-21)11-15(12-19-3)9-14-6-5-7-16(18)10-14/h5-8,10,15,19H,4,9,11-12H2,1-3H3. The van der Waals surface area contributed by atoms with Crippen molar-refractivity contribution in [2.45, 2.75) is 33.2 Å². The van der Waals surface area contributed by atoms with E-state index in [1.165, 1.54) is 11.3 Å². The van der Waals surface area contributed by atoms with Crippen molar-refractivity contribution in [2.75, 3.05) is 13.6 Å². The summed E-state index contributed by atoms with van der Waals surface area (Å²) in [5, 5.41) is 8.65. The van der Waals surface area contributed by atoms with Gasteiger partial charge in [-0.1, -0.05) is 23.7 Å². The second-order valence-electron chi connectivity index (χ2n) is 5.55. The van der Waals surface area contributed by atoms with Gasteiger partial charge in [-0.3, -0.25) is 4.68 Å². The average Bonchev–Trinajstić information content (AvgIpc) is 2.79. The van der Waals surface area contributed by atoms with Crippen molar-refractivity contribution in [3.8, 4) is 0 Å². The Kier molecular flexibility index (Phi) is 5.83. The van der Waals surface area contributed by atoms with Gasteiger partial charge < -0.3 is 5.32 Å². The molecule has 0 spiro atoms. The molecule has 1 unspecified atom stereocenters. The normalized spacial score (nSPS) is 12.6. The van der Waals surface area contributed by atoms with E-state index in [1.807, 2.05) is 19.2 Å². The molecule has 0 amide bonds. The Labute approximate surface area is 132 Å². The summed E-state index contributed by atoms with van der Waals surface area (Å²) in [4.78, 5) is 0.